The smallest absolute Gasteiger partial charge is 0.189 e. The summed E-state index contributed by atoms with van der Waals surface area (Å²) in [5, 5.41) is 0. The number of ether oxygens (including phenoxy) is 2. The maximum Gasteiger partial charge on any atom is 0.189 e. The van der Waals surface area contributed by atoms with Crippen LogP contribution in [0.1, 0.15) is 35.5 Å². The molecule has 0 fully saturated rings. The van der Waals surface area contributed by atoms with E-state index in [0.717, 1.165) is 11.3 Å². The lowest BCUT2D eigenvalue weighted by Gasteiger charge is -2.29. The highest BCUT2D eigenvalue weighted by Crippen LogP contribution is 2.39. The molecule has 122 valence electrons. The number of fused-ring (bicyclic) bond motifs is 1. The Morgan fingerprint density at radius 1 is 1.25 bits per heavy atom. The number of rotatable bonds is 4. The number of carbonyl (C=O) groups is 1. The lowest BCUT2D eigenvalue weighted by molar-refractivity contribution is 0.103. The van der Waals surface area contributed by atoms with Gasteiger partial charge in [-0.15, -0.1) is 0 Å². The fourth-order valence-electron chi connectivity index (χ4n) is 2.53. The van der Waals surface area contributed by atoms with E-state index in [-0.39, 0.29) is 5.78 Å². The first-order valence-electron chi connectivity index (χ1n) is 7.73. The molecule has 0 unspecified atom stereocenters. The third-order valence-electron chi connectivity index (χ3n) is 3.75. The van der Waals surface area contributed by atoms with Crippen molar-refractivity contribution in [3.63, 3.8) is 0 Å². The van der Waals surface area contributed by atoms with Crippen molar-refractivity contribution in [3.8, 4) is 11.5 Å². The molecule has 24 heavy (non-hydrogen) atoms. The van der Waals surface area contributed by atoms with E-state index in [9.17, 15) is 4.79 Å². The minimum atomic E-state index is -0.473. The number of hydrogen-bond donors (Lipinski definition) is 0. The van der Waals surface area contributed by atoms with E-state index in [1.165, 1.54) is 6.08 Å². The molecule has 0 aliphatic carbocycles. The van der Waals surface area contributed by atoms with E-state index in [1.54, 1.807) is 31.5 Å². The molecule has 0 atom stereocenters. The van der Waals surface area contributed by atoms with Gasteiger partial charge in [-0.25, -0.2) is 0 Å². The number of pyridine rings is 1. The molecule has 0 amide bonds. The Morgan fingerprint density at radius 3 is 2.79 bits per heavy atom. The molecule has 0 N–H and O–H groups in total. The zero-order valence-electron chi connectivity index (χ0n) is 13.9. The molecule has 0 saturated carbocycles. The summed E-state index contributed by atoms with van der Waals surface area (Å²) in [4.78, 5) is 16.8. The van der Waals surface area contributed by atoms with E-state index in [0.29, 0.717) is 17.1 Å². The van der Waals surface area contributed by atoms with E-state index < -0.39 is 5.60 Å². The minimum absolute atomic E-state index is 0.134. The normalized spacial score (nSPS) is 15.0. The first-order chi connectivity index (χ1) is 11.5. The Balaban J connectivity index is 1.98. The van der Waals surface area contributed by atoms with Gasteiger partial charge in [-0.3, -0.25) is 9.78 Å². The van der Waals surface area contributed by atoms with Crippen LogP contribution in [0, 0.1) is 0 Å². The summed E-state index contributed by atoms with van der Waals surface area (Å²) in [7, 11) is 1.60. The first-order valence-corrected chi connectivity index (χ1v) is 7.73. The van der Waals surface area contributed by atoms with Crippen LogP contribution in [-0.2, 0) is 0 Å². The maximum atomic E-state index is 12.6. The van der Waals surface area contributed by atoms with Crippen LogP contribution in [0.2, 0.25) is 0 Å². The van der Waals surface area contributed by atoms with Crippen molar-refractivity contribution in [2.45, 2.75) is 19.4 Å². The number of aromatic nitrogens is 1. The predicted molar refractivity (Wildman–Crippen MR) is 94.3 cm³/mol. The second kappa shape index (κ2) is 6.32. The van der Waals surface area contributed by atoms with Gasteiger partial charge in [-0.2, -0.15) is 0 Å². The molecule has 1 aliphatic rings. The monoisotopic (exact) mass is 321 g/mol. The highest BCUT2D eigenvalue weighted by molar-refractivity contribution is 6.09. The van der Waals surface area contributed by atoms with Crippen molar-refractivity contribution < 1.29 is 14.3 Å². The molecule has 4 nitrogen and oxygen atoms in total. The fraction of sp³-hybridized carbons (Fsp3) is 0.200. The van der Waals surface area contributed by atoms with Gasteiger partial charge in [0.25, 0.3) is 0 Å². The third-order valence-corrected chi connectivity index (χ3v) is 3.75. The Kier molecular flexibility index (Phi) is 4.21. The summed E-state index contributed by atoms with van der Waals surface area (Å²) >= 11 is 0. The van der Waals surface area contributed by atoms with Gasteiger partial charge in [0.1, 0.15) is 17.1 Å². The number of methoxy groups -OCH3 is 1. The average molecular weight is 321 g/mol. The summed E-state index contributed by atoms with van der Waals surface area (Å²) < 4.78 is 11.4. The van der Waals surface area contributed by atoms with Crippen LogP contribution in [0.4, 0.5) is 0 Å². The molecule has 0 spiro atoms. The van der Waals surface area contributed by atoms with Crippen molar-refractivity contribution in [1.29, 1.82) is 0 Å². The van der Waals surface area contributed by atoms with Gasteiger partial charge in [0.15, 0.2) is 5.78 Å². The number of allylic oxidation sites excluding steroid dienone is 1. The Labute approximate surface area is 141 Å². The highest BCUT2D eigenvalue weighted by Gasteiger charge is 2.27. The van der Waals surface area contributed by atoms with Crippen LogP contribution in [0.3, 0.4) is 0 Å². The molecule has 2 heterocycles. The maximum absolute atomic E-state index is 12.6. The summed E-state index contributed by atoms with van der Waals surface area (Å²) in [6.45, 7) is 3.90. The topological polar surface area (TPSA) is 48.4 Å². The number of nitrogens with zero attached hydrogens (tertiary/aromatic N) is 1. The van der Waals surface area contributed by atoms with Gasteiger partial charge in [-0.05, 0) is 62.4 Å². The molecule has 0 bridgehead atoms. The number of benzene rings is 1. The quantitative estimate of drug-likeness (QED) is 0.626. The molecular weight excluding hydrogens is 302 g/mol. The minimum Gasteiger partial charge on any atom is -0.496 e. The van der Waals surface area contributed by atoms with Crippen molar-refractivity contribution >= 4 is 17.9 Å². The molecule has 3 rings (SSSR count). The summed E-state index contributed by atoms with van der Waals surface area (Å²) in [6.07, 6.45) is 8.80. The molecular formula is C20H19NO3. The highest BCUT2D eigenvalue weighted by atomic mass is 16.5. The Morgan fingerprint density at radius 2 is 2.08 bits per heavy atom. The second-order valence-corrected chi connectivity index (χ2v) is 6.05. The van der Waals surface area contributed by atoms with Crippen molar-refractivity contribution in [3.05, 3.63) is 65.5 Å². The van der Waals surface area contributed by atoms with Crippen LogP contribution < -0.4 is 9.47 Å². The van der Waals surface area contributed by atoms with Crippen molar-refractivity contribution in [2.24, 2.45) is 0 Å². The van der Waals surface area contributed by atoms with Gasteiger partial charge >= 0.3 is 0 Å². The van der Waals surface area contributed by atoms with Crippen LogP contribution in [-0.4, -0.2) is 23.5 Å². The van der Waals surface area contributed by atoms with Crippen molar-refractivity contribution in [1.82, 2.24) is 4.98 Å². The lowest BCUT2D eigenvalue weighted by Crippen LogP contribution is -2.28. The number of ketones is 1. The zero-order chi connectivity index (χ0) is 17.2. The largest absolute Gasteiger partial charge is 0.496 e. The molecule has 1 aromatic carbocycles. The molecule has 2 aromatic rings. The molecule has 0 radical (unpaired) electrons. The van der Waals surface area contributed by atoms with Gasteiger partial charge in [-0.1, -0.05) is 6.07 Å². The van der Waals surface area contributed by atoms with E-state index in [2.05, 4.69) is 4.98 Å². The first kappa shape index (κ1) is 16.0. The lowest BCUT2D eigenvalue weighted by atomic mass is 9.97. The summed E-state index contributed by atoms with van der Waals surface area (Å²) in [6, 6.07) is 9.07. The van der Waals surface area contributed by atoms with Crippen molar-refractivity contribution in [2.75, 3.05) is 7.11 Å². The van der Waals surface area contributed by atoms with E-state index in [4.69, 9.17) is 9.47 Å². The zero-order valence-corrected chi connectivity index (χ0v) is 13.9. The van der Waals surface area contributed by atoms with Gasteiger partial charge < -0.3 is 9.47 Å². The SMILES string of the molecule is COc1ccc(C(=O)/C=C/c2ccccn2)c2c1C=CC(C)(C)O2. The number of carbonyl (C=O) groups excluding carboxylic acids is 1. The molecule has 1 aliphatic heterocycles. The van der Waals surface area contributed by atoms with Gasteiger partial charge in [0, 0.05) is 6.20 Å². The number of hydrogen-bond acceptors (Lipinski definition) is 4. The van der Waals surface area contributed by atoms with E-state index >= 15 is 0 Å². The van der Waals surface area contributed by atoms with Crippen LogP contribution in [0.15, 0.2) is 48.7 Å². The Hall–Kier alpha value is -2.88. The van der Waals surface area contributed by atoms with E-state index in [1.807, 2.05) is 44.2 Å². The van der Waals surface area contributed by atoms with Crippen LogP contribution in [0.25, 0.3) is 12.2 Å². The van der Waals surface area contributed by atoms with Crippen LogP contribution >= 0.6 is 0 Å². The fourth-order valence-corrected chi connectivity index (χ4v) is 2.53. The second-order valence-electron chi connectivity index (χ2n) is 6.05. The predicted octanol–water partition coefficient (Wildman–Crippen LogP) is 4.17. The molecule has 0 saturated heterocycles. The average Bonchev–Trinajstić information content (AvgIpc) is 2.58. The summed E-state index contributed by atoms with van der Waals surface area (Å²) in [5.41, 5.74) is 1.55. The molecule has 1 aromatic heterocycles. The van der Waals surface area contributed by atoms with Gasteiger partial charge in [0.2, 0.25) is 0 Å². The third kappa shape index (κ3) is 3.23. The molecule has 4 heteroatoms. The Bertz CT molecular complexity index is 820. The standard InChI is InChI=1S/C20H19NO3/c1-20(2)12-11-16-18(23-3)10-8-15(19(16)24-20)17(22)9-7-14-6-4-5-13-21-14/h4-13H,1-3H3/b9-7+. The van der Waals surface area contributed by atoms with Gasteiger partial charge in [0.05, 0.1) is 23.9 Å². The summed E-state index contributed by atoms with van der Waals surface area (Å²) in [5.74, 6) is 1.10. The van der Waals surface area contributed by atoms with Crippen LogP contribution in [0.5, 0.6) is 11.5 Å².